The van der Waals surface area contributed by atoms with E-state index < -0.39 is 11.7 Å². The van der Waals surface area contributed by atoms with Crippen molar-refractivity contribution in [2.75, 3.05) is 26.2 Å². The van der Waals surface area contributed by atoms with Crippen LogP contribution in [0.3, 0.4) is 0 Å². The zero-order valence-electron chi connectivity index (χ0n) is 12.5. The van der Waals surface area contributed by atoms with Crippen molar-refractivity contribution in [3.8, 4) is 5.75 Å². The average Bonchev–Trinajstić information content (AvgIpc) is 2.95. The van der Waals surface area contributed by atoms with Gasteiger partial charge in [0.2, 0.25) is 0 Å². The van der Waals surface area contributed by atoms with Gasteiger partial charge in [-0.05, 0) is 18.2 Å². The quantitative estimate of drug-likeness (QED) is 0.664. The Balaban J connectivity index is 1.53. The van der Waals surface area contributed by atoms with Gasteiger partial charge in [-0.3, -0.25) is 4.79 Å². The van der Waals surface area contributed by atoms with E-state index in [4.69, 9.17) is 9.15 Å². The summed E-state index contributed by atoms with van der Waals surface area (Å²) in [6.07, 6.45) is -0.431. The maximum atomic E-state index is 11.8. The number of benzene rings is 1. The van der Waals surface area contributed by atoms with Crippen molar-refractivity contribution in [3.05, 3.63) is 40.8 Å². The summed E-state index contributed by atoms with van der Waals surface area (Å²) < 4.78 is 10.5. The number of aliphatic hydroxyl groups excluding tert-OH is 1. The predicted octanol–water partition coefficient (Wildman–Crippen LogP) is -0.132. The second-order valence-corrected chi connectivity index (χ2v) is 5.53. The maximum Gasteiger partial charge on any atom is 0.336 e. The molecule has 7 nitrogen and oxygen atoms in total. The van der Waals surface area contributed by atoms with E-state index in [1.807, 2.05) is 0 Å². The third kappa shape index (κ3) is 3.88. The molecule has 1 amide bonds. The molecule has 0 spiro atoms. The SMILES string of the molecule is O=C(COc1ccc2ccc(=O)oc2c1)NCC1CNCC1O. The number of ether oxygens (including phenoxy) is 1. The van der Waals surface area contributed by atoms with Crippen molar-refractivity contribution in [2.24, 2.45) is 5.92 Å². The number of nitrogens with one attached hydrogen (secondary N) is 2. The minimum atomic E-state index is -0.434. The van der Waals surface area contributed by atoms with Crippen LogP contribution in [0.4, 0.5) is 0 Å². The first-order valence-electron chi connectivity index (χ1n) is 7.44. The highest BCUT2D eigenvalue weighted by Crippen LogP contribution is 2.19. The topological polar surface area (TPSA) is 101 Å². The molecule has 0 saturated carbocycles. The van der Waals surface area contributed by atoms with Gasteiger partial charge in [-0.2, -0.15) is 0 Å². The van der Waals surface area contributed by atoms with Crippen molar-refractivity contribution in [1.29, 1.82) is 0 Å². The van der Waals surface area contributed by atoms with E-state index in [-0.39, 0.29) is 18.4 Å². The summed E-state index contributed by atoms with van der Waals surface area (Å²) in [5.74, 6) is 0.206. The van der Waals surface area contributed by atoms with Crippen LogP contribution in [0.2, 0.25) is 0 Å². The van der Waals surface area contributed by atoms with Gasteiger partial charge in [-0.15, -0.1) is 0 Å². The third-order valence-electron chi connectivity index (χ3n) is 3.83. The highest BCUT2D eigenvalue weighted by molar-refractivity contribution is 5.79. The summed E-state index contributed by atoms with van der Waals surface area (Å²) in [5.41, 5.74) is -0.0216. The van der Waals surface area contributed by atoms with Crippen molar-refractivity contribution in [1.82, 2.24) is 10.6 Å². The van der Waals surface area contributed by atoms with Gasteiger partial charge in [-0.1, -0.05) is 0 Å². The smallest absolute Gasteiger partial charge is 0.336 e. The summed E-state index contributed by atoms with van der Waals surface area (Å²) in [5, 5.41) is 16.2. The van der Waals surface area contributed by atoms with E-state index in [0.717, 1.165) is 5.39 Å². The minimum absolute atomic E-state index is 0.0221. The van der Waals surface area contributed by atoms with E-state index in [1.165, 1.54) is 6.07 Å². The fraction of sp³-hybridized carbons (Fsp3) is 0.375. The number of fused-ring (bicyclic) bond motifs is 1. The minimum Gasteiger partial charge on any atom is -0.484 e. The molecule has 0 radical (unpaired) electrons. The summed E-state index contributed by atoms with van der Waals surface area (Å²) in [7, 11) is 0. The van der Waals surface area contributed by atoms with Crippen LogP contribution in [0.5, 0.6) is 5.75 Å². The molecule has 2 heterocycles. The second-order valence-electron chi connectivity index (χ2n) is 5.53. The van der Waals surface area contributed by atoms with Crippen LogP contribution in [0, 0.1) is 5.92 Å². The molecule has 1 fully saturated rings. The number of β-amino-alcohol motifs (C(OH)–C–C–N with tert-alkyl or cyclic N) is 1. The van der Waals surface area contributed by atoms with E-state index in [9.17, 15) is 14.7 Å². The Labute approximate surface area is 132 Å². The molecule has 2 atom stereocenters. The maximum absolute atomic E-state index is 11.8. The highest BCUT2D eigenvalue weighted by atomic mass is 16.5. The molecule has 1 aromatic heterocycles. The number of carbonyl (C=O) groups excluding carboxylic acids is 1. The standard InChI is InChI=1S/C16H18N2O5/c19-13-8-17-6-11(13)7-18-15(20)9-22-12-3-1-10-2-4-16(21)23-14(10)5-12/h1-5,11,13,17,19H,6-9H2,(H,18,20). The molecule has 0 aliphatic carbocycles. The molecule has 1 aliphatic heterocycles. The molecule has 1 aromatic carbocycles. The van der Waals surface area contributed by atoms with Gasteiger partial charge in [0.1, 0.15) is 11.3 Å². The Morgan fingerprint density at radius 3 is 2.96 bits per heavy atom. The largest absolute Gasteiger partial charge is 0.484 e. The van der Waals surface area contributed by atoms with Gasteiger partial charge >= 0.3 is 5.63 Å². The molecule has 122 valence electrons. The lowest BCUT2D eigenvalue weighted by Crippen LogP contribution is -2.36. The Morgan fingerprint density at radius 1 is 1.35 bits per heavy atom. The molecule has 0 bridgehead atoms. The van der Waals surface area contributed by atoms with Crippen LogP contribution in [0.1, 0.15) is 0 Å². The third-order valence-corrected chi connectivity index (χ3v) is 3.83. The summed E-state index contributed by atoms with van der Waals surface area (Å²) in [6.45, 7) is 1.51. The molecule has 3 rings (SSSR count). The first-order valence-corrected chi connectivity index (χ1v) is 7.44. The fourth-order valence-corrected chi connectivity index (χ4v) is 2.50. The monoisotopic (exact) mass is 318 g/mol. The van der Waals surface area contributed by atoms with E-state index >= 15 is 0 Å². The van der Waals surface area contributed by atoms with Crippen molar-refractivity contribution < 1.29 is 19.1 Å². The first-order chi connectivity index (χ1) is 11.1. The number of amides is 1. The van der Waals surface area contributed by atoms with E-state index in [1.54, 1.807) is 24.3 Å². The van der Waals surface area contributed by atoms with Crippen LogP contribution in [-0.2, 0) is 4.79 Å². The van der Waals surface area contributed by atoms with Gasteiger partial charge in [0.05, 0.1) is 6.10 Å². The number of hydrogen-bond acceptors (Lipinski definition) is 6. The van der Waals surface area contributed by atoms with Crippen LogP contribution < -0.4 is 21.0 Å². The summed E-state index contributed by atoms with van der Waals surface area (Å²) >= 11 is 0. The number of carbonyl (C=O) groups is 1. The average molecular weight is 318 g/mol. The van der Waals surface area contributed by atoms with Crippen molar-refractivity contribution in [3.63, 3.8) is 0 Å². The van der Waals surface area contributed by atoms with Gasteiger partial charge in [-0.25, -0.2) is 4.79 Å². The Bertz CT molecular complexity index is 757. The molecule has 7 heteroatoms. The molecule has 2 unspecified atom stereocenters. The molecule has 3 N–H and O–H groups in total. The molecular formula is C16H18N2O5. The lowest BCUT2D eigenvalue weighted by molar-refractivity contribution is -0.123. The molecular weight excluding hydrogens is 300 g/mol. The molecule has 1 saturated heterocycles. The van der Waals surface area contributed by atoms with Crippen molar-refractivity contribution in [2.45, 2.75) is 6.10 Å². The summed E-state index contributed by atoms with van der Waals surface area (Å²) in [4.78, 5) is 23.0. The predicted molar refractivity (Wildman–Crippen MR) is 83.4 cm³/mol. The lowest BCUT2D eigenvalue weighted by Gasteiger charge is -2.14. The molecule has 1 aliphatic rings. The van der Waals surface area contributed by atoms with Gasteiger partial charge in [0.15, 0.2) is 6.61 Å². The lowest BCUT2D eigenvalue weighted by atomic mass is 10.1. The summed E-state index contributed by atoms with van der Waals surface area (Å²) in [6, 6.07) is 8.06. The van der Waals surface area contributed by atoms with Crippen LogP contribution >= 0.6 is 0 Å². The van der Waals surface area contributed by atoms with Crippen LogP contribution in [-0.4, -0.2) is 43.4 Å². The number of hydrogen-bond donors (Lipinski definition) is 3. The fourth-order valence-electron chi connectivity index (χ4n) is 2.50. The van der Waals surface area contributed by atoms with Crippen molar-refractivity contribution >= 4 is 16.9 Å². The molecule has 23 heavy (non-hydrogen) atoms. The van der Waals surface area contributed by atoms with E-state index in [2.05, 4.69) is 10.6 Å². The normalized spacial score (nSPS) is 20.6. The number of rotatable bonds is 5. The first kappa shape index (κ1) is 15.5. The van der Waals surface area contributed by atoms with Crippen LogP contribution in [0.25, 0.3) is 11.0 Å². The Morgan fingerprint density at radius 2 is 2.17 bits per heavy atom. The molecule has 2 aromatic rings. The Kier molecular flexibility index (Phi) is 4.59. The van der Waals surface area contributed by atoms with E-state index in [0.29, 0.717) is 31.0 Å². The van der Waals surface area contributed by atoms with Gasteiger partial charge in [0.25, 0.3) is 5.91 Å². The van der Waals surface area contributed by atoms with Gasteiger partial charge in [0, 0.05) is 43.1 Å². The highest BCUT2D eigenvalue weighted by Gasteiger charge is 2.24. The Hall–Kier alpha value is -2.38. The zero-order chi connectivity index (χ0) is 16.2. The van der Waals surface area contributed by atoms with Crippen LogP contribution in [0.15, 0.2) is 39.5 Å². The van der Waals surface area contributed by atoms with Gasteiger partial charge < -0.3 is 24.9 Å². The second kappa shape index (κ2) is 6.80. The zero-order valence-corrected chi connectivity index (χ0v) is 12.5. The number of aliphatic hydroxyl groups is 1.